The number of aryl methyl sites for hydroxylation is 1. The Morgan fingerprint density at radius 1 is 1.46 bits per heavy atom. The summed E-state index contributed by atoms with van der Waals surface area (Å²) in [5.74, 6) is 0.659. The van der Waals surface area contributed by atoms with E-state index in [4.69, 9.17) is 0 Å². The zero-order chi connectivity index (χ0) is 16.9. The van der Waals surface area contributed by atoms with Gasteiger partial charge in [0.2, 0.25) is 0 Å². The molecule has 2 amide bonds. The fourth-order valence-corrected chi connectivity index (χ4v) is 2.95. The molecule has 3 aromatic heterocycles. The fraction of sp³-hybridized carbons (Fsp3) is 0.267. The lowest BCUT2D eigenvalue weighted by atomic mass is 10.2. The van der Waals surface area contributed by atoms with Crippen molar-refractivity contribution in [3.8, 4) is 5.82 Å². The number of hydrogen-bond donors (Lipinski definition) is 2. The van der Waals surface area contributed by atoms with Crippen LogP contribution >= 0.6 is 11.3 Å². The number of anilines is 1. The van der Waals surface area contributed by atoms with Crippen LogP contribution in [0.25, 0.3) is 5.82 Å². The Labute approximate surface area is 143 Å². The molecule has 0 radical (unpaired) electrons. The summed E-state index contributed by atoms with van der Waals surface area (Å²) >= 11 is 1.60. The van der Waals surface area contributed by atoms with Gasteiger partial charge >= 0.3 is 6.03 Å². The van der Waals surface area contributed by atoms with Gasteiger partial charge in [-0.1, -0.05) is 6.92 Å². The number of carbonyl (C=O) groups excluding carboxylic acids is 1. The number of aromatic nitrogens is 5. The van der Waals surface area contributed by atoms with Crippen LogP contribution in [0.4, 0.5) is 10.5 Å². The predicted molar refractivity (Wildman–Crippen MR) is 91.4 cm³/mol. The first-order chi connectivity index (χ1) is 11.6. The van der Waals surface area contributed by atoms with Crippen molar-refractivity contribution in [2.75, 3.05) is 11.9 Å². The summed E-state index contributed by atoms with van der Waals surface area (Å²) in [6.45, 7) is 4.49. The van der Waals surface area contributed by atoms with E-state index in [9.17, 15) is 4.79 Å². The minimum absolute atomic E-state index is 0.151. The summed E-state index contributed by atoms with van der Waals surface area (Å²) in [6.07, 6.45) is 4.57. The minimum atomic E-state index is -0.301. The fourth-order valence-electron chi connectivity index (χ4n) is 2.09. The normalized spacial score (nSPS) is 11.9. The molecule has 3 rings (SSSR count). The van der Waals surface area contributed by atoms with E-state index in [1.807, 2.05) is 19.2 Å². The smallest absolute Gasteiger partial charge is 0.319 e. The zero-order valence-electron chi connectivity index (χ0n) is 13.3. The highest BCUT2D eigenvalue weighted by Crippen LogP contribution is 2.19. The molecule has 0 aliphatic carbocycles. The molecule has 0 saturated carbocycles. The first-order valence-corrected chi connectivity index (χ1v) is 8.28. The molecule has 24 heavy (non-hydrogen) atoms. The molecule has 3 heterocycles. The highest BCUT2D eigenvalue weighted by atomic mass is 32.1. The SMILES string of the molecule is Cc1csc(C(C)CNC(=O)Nc2cccnc2-n2cncn2)n1. The van der Waals surface area contributed by atoms with Crippen molar-refractivity contribution in [1.82, 2.24) is 30.0 Å². The van der Waals surface area contributed by atoms with Crippen molar-refractivity contribution in [1.29, 1.82) is 0 Å². The van der Waals surface area contributed by atoms with E-state index in [1.165, 1.54) is 17.3 Å². The molecule has 0 aromatic carbocycles. The summed E-state index contributed by atoms with van der Waals surface area (Å²) < 4.78 is 1.50. The van der Waals surface area contributed by atoms with Gasteiger partial charge in [-0.3, -0.25) is 0 Å². The second kappa shape index (κ2) is 7.18. The van der Waals surface area contributed by atoms with Crippen LogP contribution < -0.4 is 10.6 Å². The standard InChI is InChI=1S/C15H17N7OS/c1-10(14-20-11(2)7-24-14)6-18-15(23)21-12-4-3-5-17-13(12)22-9-16-8-19-22/h3-5,7-10H,6H2,1-2H3,(H2,18,21,23). The zero-order valence-corrected chi connectivity index (χ0v) is 14.1. The lowest BCUT2D eigenvalue weighted by Gasteiger charge is -2.13. The molecule has 8 nitrogen and oxygen atoms in total. The van der Waals surface area contributed by atoms with Gasteiger partial charge in [0.15, 0.2) is 5.82 Å². The van der Waals surface area contributed by atoms with Gasteiger partial charge < -0.3 is 10.6 Å². The summed E-state index contributed by atoms with van der Waals surface area (Å²) in [4.78, 5) is 24.7. The van der Waals surface area contributed by atoms with E-state index >= 15 is 0 Å². The number of hydrogen-bond acceptors (Lipinski definition) is 6. The molecule has 2 N–H and O–H groups in total. The largest absolute Gasteiger partial charge is 0.337 e. The van der Waals surface area contributed by atoms with Gasteiger partial charge in [-0.15, -0.1) is 11.3 Å². The van der Waals surface area contributed by atoms with Crippen molar-refractivity contribution in [3.63, 3.8) is 0 Å². The van der Waals surface area contributed by atoms with Gasteiger partial charge in [0.05, 0.1) is 10.7 Å². The summed E-state index contributed by atoms with van der Waals surface area (Å²) in [6, 6.07) is 3.21. The Bertz CT molecular complexity index is 815. The average molecular weight is 343 g/mol. The molecule has 9 heteroatoms. The molecule has 0 aliphatic heterocycles. The first-order valence-electron chi connectivity index (χ1n) is 7.40. The van der Waals surface area contributed by atoms with Crippen LogP contribution in [0.1, 0.15) is 23.5 Å². The maximum Gasteiger partial charge on any atom is 0.319 e. The van der Waals surface area contributed by atoms with Gasteiger partial charge in [0, 0.05) is 29.7 Å². The molecule has 3 aromatic rings. The maximum atomic E-state index is 12.2. The van der Waals surface area contributed by atoms with Gasteiger partial charge in [-0.05, 0) is 19.1 Å². The Hall–Kier alpha value is -2.81. The highest BCUT2D eigenvalue weighted by Gasteiger charge is 2.13. The van der Waals surface area contributed by atoms with E-state index in [0.29, 0.717) is 18.1 Å². The third-order valence-corrected chi connectivity index (χ3v) is 4.49. The van der Waals surface area contributed by atoms with Crippen molar-refractivity contribution in [2.24, 2.45) is 0 Å². The van der Waals surface area contributed by atoms with Crippen LogP contribution in [-0.4, -0.2) is 37.3 Å². The second-order valence-electron chi connectivity index (χ2n) is 5.28. The molecule has 1 atom stereocenters. The van der Waals surface area contributed by atoms with Crippen LogP contribution in [0.3, 0.4) is 0 Å². The van der Waals surface area contributed by atoms with E-state index in [-0.39, 0.29) is 11.9 Å². The summed E-state index contributed by atoms with van der Waals surface area (Å²) in [5, 5.41) is 12.7. The van der Waals surface area contributed by atoms with Crippen molar-refractivity contribution in [3.05, 3.63) is 47.1 Å². The Morgan fingerprint density at radius 3 is 3.04 bits per heavy atom. The van der Waals surface area contributed by atoms with Gasteiger partial charge in [0.1, 0.15) is 12.7 Å². The lowest BCUT2D eigenvalue weighted by molar-refractivity contribution is 0.251. The highest BCUT2D eigenvalue weighted by molar-refractivity contribution is 7.09. The molecule has 0 aliphatic rings. The van der Waals surface area contributed by atoms with E-state index < -0.39 is 0 Å². The monoisotopic (exact) mass is 343 g/mol. The number of thiazole rings is 1. The van der Waals surface area contributed by atoms with Crippen LogP contribution in [-0.2, 0) is 0 Å². The number of pyridine rings is 1. The number of rotatable bonds is 5. The number of nitrogens with zero attached hydrogens (tertiary/aromatic N) is 5. The number of nitrogens with one attached hydrogen (secondary N) is 2. The molecule has 0 bridgehead atoms. The van der Waals surface area contributed by atoms with Crippen LogP contribution in [0.5, 0.6) is 0 Å². The minimum Gasteiger partial charge on any atom is -0.337 e. The van der Waals surface area contributed by atoms with Crippen molar-refractivity contribution >= 4 is 23.1 Å². The third kappa shape index (κ3) is 3.74. The Morgan fingerprint density at radius 2 is 2.33 bits per heavy atom. The molecule has 0 spiro atoms. The van der Waals surface area contributed by atoms with Crippen molar-refractivity contribution in [2.45, 2.75) is 19.8 Å². The average Bonchev–Trinajstić information content (AvgIpc) is 3.25. The number of urea groups is 1. The lowest BCUT2D eigenvalue weighted by Crippen LogP contribution is -2.32. The quantitative estimate of drug-likeness (QED) is 0.741. The van der Waals surface area contributed by atoms with Crippen LogP contribution in [0, 0.1) is 6.92 Å². The molecular formula is C15H17N7OS. The molecule has 0 fully saturated rings. The summed E-state index contributed by atoms with van der Waals surface area (Å²) in [5.41, 5.74) is 1.55. The van der Waals surface area contributed by atoms with Gasteiger partial charge in [-0.2, -0.15) is 5.10 Å². The molecular weight excluding hydrogens is 326 g/mol. The topological polar surface area (TPSA) is 97.6 Å². The third-order valence-electron chi connectivity index (χ3n) is 3.30. The maximum absolute atomic E-state index is 12.2. The summed E-state index contributed by atoms with van der Waals surface area (Å²) in [7, 11) is 0. The van der Waals surface area contributed by atoms with Crippen LogP contribution in [0.15, 0.2) is 36.4 Å². The van der Waals surface area contributed by atoms with E-state index in [2.05, 4.69) is 30.7 Å². The number of carbonyl (C=O) groups is 1. The van der Waals surface area contributed by atoms with Gasteiger partial charge in [-0.25, -0.2) is 24.4 Å². The van der Waals surface area contributed by atoms with Crippen molar-refractivity contribution < 1.29 is 4.79 Å². The second-order valence-corrected chi connectivity index (χ2v) is 6.17. The number of amides is 2. The molecule has 0 saturated heterocycles. The van der Waals surface area contributed by atoms with E-state index in [1.54, 1.807) is 29.7 Å². The van der Waals surface area contributed by atoms with E-state index in [0.717, 1.165) is 10.7 Å². The predicted octanol–water partition coefficient (Wildman–Crippen LogP) is 2.35. The molecule has 124 valence electrons. The van der Waals surface area contributed by atoms with Crippen LogP contribution in [0.2, 0.25) is 0 Å². The first kappa shape index (κ1) is 16.1. The Kier molecular flexibility index (Phi) is 4.80. The molecule has 1 unspecified atom stereocenters. The van der Waals surface area contributed by atoms with Gasteiger partial charge in [0.25, 0.3) is 0 Å². The Balaban J connectivity index is 1.61.